The zero-order valence-corrected chi connectivity index (χ0v) is 10.1. The van der Waals surface area contributed by atoms with E-state index in [1.165, 1.54) is 6.33 Å². The van der Waals surface area contributed by atoms with E-state index in [2.05, 4.69) is 20.4 Å². The molecule has 3 aromatic rings. The van der Waals surface area contributed by atoms with Crippen molar-refractivity contribution in [2.24, 2.45) is 0 Å². The molecule has 19 heavy (non-hydrogen) atoms. The first kappa shape index (κ1) is 11.5. The van der Waals surface area contributed by atoms with Gasteiger partial charge in [-0.2, -0.15) is 4.98 Å². The summed E-state index contributed by atoms with van der Waals surface area (Å²) in [5.41, 5.74) is -0.0987. The number of anilines is 1. The molecular weight excluding hydrogens is 244 g/mol. The summed E-state index contributed by atoms with van der Waals surface area (Å²) in [6.07, 6.45) is 1.97. The number of aromatic nitrogens is 3. The van der Waals surface area contributed by atoms with Gasteiger partial charge in [-0.3, -0.25) is 4.79 Å². The molecule has 3 rings (SSSR count). The minimum absolute atomic E-state index is 0.0987. The molecule has 0 bridgehead atoms. The van der Waals surface area contributed by atoms with Gasteiger partial charge in [-0.05, 0) is 17.5 Å². The van der Waals surface area contributed by atoms with Gasteiger partial charge in [0.1, 0.15) is 5.82 Å². The zero-order valence-electron chi connectivity index (χ0n) is 10.1. The van der Waals surface area contributed by atoms with Crippen LogP contribution in [-0.4, -0.2) is 21.7 Å². The van der Waals surface area contributed by atoms with Crippen LogP contribution in [0.1, 0.15) is 5.89 Å². The van der Waals surface area contributed by atoms with Gasteiger partial charge < -0.3 is 14.8 Å². The average Bonchev–Trinajstić information content (AvgIpc) is 2.92. The van der Waals surface area contributed by atoms with E-state index in [0.717, 1.165) is 5.39 Å². The molecule has 0 aliphatic heterocycles. The first-order chi connectivity index (χ1) is 9.33. The van der Waals surface area contributed by atoms with Crippen LogP contribution in [0.3, 0.4) is 0 Å². The summed E-state index contributed by atoms with van der Waals surface area (Å²) >= 11 is 0. The smallest absolute Gasteiger partial charge is 0.257 e. The molecule has 2 heterocycles. The van der Waals surface area contributed by atoms with Crippen molar-refractivity contribution in [3.8, 4) is 0 Å². The number of aromatic amines is 1. The Kier molecular flexibility index (Phi) is 2.97. The first-order valence-corrected chi connectivity index (χ1v) is 5.94. The maximum Gasteiger partial charge on any atom is 0.257 e. The summed E-state index contributed by atoms with van der Waals surface area (Å²) in [5, 5.41) is 8.26. The normalized spacial score (nSPS) is 10.7. The molecule has 6 heteroatoms. The number of H-pyrrole nitrogens is 1. The number of pyridine rings is 1. The molecule has 0 saturated heterocycles. The summed E-state index contributed by atoms with van der Waals surface area (Å²) in [4.78, 5) is 18.6. The molecule has 1 aromatic carbocycles. The van der Waals surface area contributed by atoms with Crippen LogP contribution in [0.5, 0.6) is 0 Å². The third-order valence-electron chi connectivity index (χ3n) is 2.81. The monoisotopic (exact) mass is 256 g/mol. The van der Waals surface area contributed by atoms with Crippen molar-refractivity contribution in [1.82, 2.24) is 15.1 Å². The van der Waals surface area contributed by atoms with E-state index in [4.69, 9.17) is 4.52 Å². The maximum atomic E-state index is 11.9. The Morgan fingerprint density at radius 3 is 3.05 bits per heavy atom. The van der Waals surface area contributed by atoms with Crippen molar-refractivity contribution in [1.29, 1.82) is 0 Å². The second-order valence-electron chi connectivity index (χ2n) is 4.11. The fourth-order valence-corrected chi connectivity index (χ4v) is 1.92. The number of nitrogens with one attached hydrogen (secondary N) is 2. The summed E-state index contributed by atoms with van der Waals surface area (Å²) in [6.45, 7) is 0.608. The summed E-state index contributed by atoms with van der Waals surface area (Å²) in [7, 11) is 0. The van der Waals surface area contributed by atoms with Crippen LogP contribution in [-0.2, 0) is 6.42 Å². The van der Waals surface area contributed by atoms with Crippen molar-refractivity contribution in [3.05, 3.63) is 52.9 Å². The van der Waals surface area contributed by atoms with E-state index < -0.39 is 0 Å². The predicted molar refractivity (Wildman–Crippen MR) is 71.1 cm³/mol. The van der Waals surface area contributed by atoms with Crippen LogP contribution >= 0.6 is 0 Å². The lowest BCUT2D eigenvalue weighted by Gasteiger charge is -2.05. The first-order valence-electron chi connectivity index (χ1n) is 5.94. The molecule has 0 unspecified atom stereocenters. The average molecular weight is 256 g/mol. The van der Waals surface area contributed by atoms with Gasteiger partial charge in [-0.1, -0.05) is 23.4 Å². The SMILES string of the molecule is O=c1[nH]c(NCCc2ncno2)cc2ccccc12. The van der Waals surface area contributed by atoms with Crippen LogP contribution in [0.15, 0.2) is 46.0 Å². The second kappa shape index (κ2) is 4.93. The Bertz CT molecular complexity index is 734. The number of hydrogen-bond acceptors (Lipinski definition) is 5. The van der Waals surface area contributed by atoms with Crippen molar-refractivity contribution in [2.75, 3.05) is 11.9 Å². The fourth-order valence-electron chi connectivity index (χ4n) is 1.92. The van der Waals surface area contributed by atoms with Gasteiger partial charge in [0.2, 0.25) is 5.89 Å². The molecule has 6 nitrogen and oxygen atoms in total. The molecule has 96 valence electrons. The van der Waals surface area contributed by atoms with Crippen molar-refractivity contribution >= 4 is 16.6 Å². The summed E-state index contributed by atoms with van der Waals surface area (Å²) in [5.74, 6) is 1.25. The van der Waals surface area contributed by atoms with Crippen molar-refractivity contribution in [3.63, 3.8) is 0 Å². The highest BCUT2D eigenvalue weighted by molar-refractivity contribution is 5.83. The molecule has 0 aliphatic rings. The van der Waals surface area contributed by atoms with Crippen LogP contribution in [0.25, 0.3) is 10.8 Å². The van der Waals surface area contributed by atoms with Gasteiger partial charge >= 0.3 is 0 Å². The fraction of sp³-hybridized carbons (Fsp3) is 0.154. The highest BCUT2D eigenvalue weighted by atomic mass is 16.5. The Hall–Kier alpha value is -2.63. The van der Waals surface area contributed by atoms with E-state index in [9.17, 15) is 4.79 Å². The predicted octanol–water partition coefficient (Wildman–Crippen LogP) is 1.57. The Balaban J connectivity index is 1.76. The van der Waals surface area contributed by atoms with Gasteiger partial charge in [0.05, 0.1) is 0 Å². The molecule has 2 N–H and O–H groups in total. The molecule has 0 atom stereocenters. The topological polar surface area (TPSA) is 83.8 Å². The van der Waals surface area contributed by atoms with E-state index in [0.29, 0.717) is 30.1 Å². The number of fused-ring (bicyclic) bond motifs is 1. The summed E-state index contributed by atoms with van der Waals surface area (Å²) < 4.78 is 4.89. The van der Waals surface area contributed by atoms with Crippen LogP contribution in [0, 0.1) is 0 Å². The van der Waals surface area contributed by atoms with Gasteiger partial charge in [0.25, 0.3) is 5.56 Å². The van der Waals surface area contributed by atoms with E-state index in [-0.39, 0.29) is 5.56 Å². The van der Waals surface area contributed by atoms with E-state index in [1.54, 1.807) is 6.07 Å². The maximum absolute atomic E-state index is 11.9. The molecule has 0 saturated carbocycles. The van der Waals surface area contributed by atoms with Gasteiger partial charge in [0, 0.05) is 18.4 Å². The number of benzene rings is 1. The molecule has 0 radical (unpaired) electrons. The lowest BCUT2D eigenvalue weighted by molar-refractivity contribution is 0.379. The van der Waals surface area contributed by atoms with E-state index >= 15 is 0 Å². The van der Waals surface area contributed by atoms with Crippen molar-refractivity contribution < 1.29 is 4.52 Å². The highest BCUT2D eigenvalue weighted by Gasteiger charge is 2.02. The molecule has 2 aromatic heterocycles. The number of nitrogens with zero attached hydrogens (tertiary/aromatic N) is 2. The zero-order chi connectivity index (χ0) is 13.1. The number of rotatable bonds is 4. The Morgan fingerprint density at radius 2 is 2.21 bits per heavy atom. The Labute approximate surface area is 108 Å². The lowest BCUT2D eigenvalue weighted by Crippen LogP contribution is -2.12. The van der Waals surface area contributed by atoms with Gasteiger partial charge in [-0.25, -0.2) is 0 Å². The van der Waals surface area contributed by atoms with Gasteiger partial charge in [-0.15, -0.1) is 0 Å². The minimum atomic E-state index is -0.0987. The Morgan fingerprint density at radius 1 is 1.32 bits per heavy atom. The highest BCUT2D eigenvalue weighted by Crippen LogP contribution is 2.12. The minimum Gasteiger partial charge on any atom is -0.371 e. The van der Waals surface area contributed by atoms with E-state index in [1.807, 2.05) is 24.3 Å². The second-order valence-corrected chi connectivity index (χ2v) is 4.11. The van der Waals surface area contributed by atoms with Crippen LogP contribution in [0.2, 0.25) is 0 Å². The third kappa shape index (κ3) is 2.47. The molecule has 0 amide bonds. The molecule has 0 fully saturated rings. The van der Waals surface area contributed by atoms with Crippen molar-refractivity contribution in [2.45, 2.75) is 6.42 Å². The quantitative estimate of drug-likeness (QED) is 0.740. The molecular formula is C13H12N4O2. The van der Waals surface area contributed by atoms with Crippen LogP contribution in [0.4, 0.5) is 5.82 Å². The largest absolute Gasteiger partial charge is 0.371 e. The van der Waals surface area contributed by atoms with Gasteiger partial charge in [0.15, 0.2) is 6.33 Å². The summed E-state index contributed by atoms with van der Waals surface area (Å²) in [6, 6.07) is 9.37. The molecule has 0 aliphatic carbocycles. The standard InChI is InChI=1S/C13H12N4O2/c18-13-10-4-2-1-3-9(10)7-11(17-13)14-6-5-12-15-8-16-19-12/h1-4,7-8H,5-6H2,(H2,14,17,18). The third-order valence-corrected chi connectivity index (χ3v) is 2.81. The lowest BCUT2D eigenvalue weighted by atomic mass is 10.2. The number of hydrogen-bond donors (Lipinski definition) is 2. The van der Waals surface area contributed by atoms with Crippen LogP contribution < -0.4 is 10.9 Å². The molecule has 0 spiro atoms.